The maximum Gasteiger partial charge on any atom is 0.255 e. The molecule has 2 aliphatic heterocycles. The fourth-order valence-electron chi connectivity index (χ4n) is 3.31. The van der Waals surface area contributed by atoms with Crippen LogP contribution in [-0.4, -0.2) is 60.8 Å². The molecule has 3 heterocycles. The molecule has 0 aliphatic carbocycles. The molecule has 8 heteroatoms. The van der Waals surface area contributed by atoms with E-state index in [1.165, 1.54) is 12.4 Å². The van der Waals surface area contributed by atoms with Gasteiger partial charge in [-0.25, -0.2) is 8.42 Å². The lowest BCUT2D eigenvalue weighted by Crippen LogP contribution is -2.36. The molecule has 136 valence electrons. The number of hydrogen-bond donors (Lipinski definition) is 1. The lowest BCUT2D eigenvalue weighted by atomic mass is 10.1. The van der Waals surface area contributed by atoms with Gasteiger partial charge in [0, 0.05) is 31.5 Å². The van der Waals surface area contributed by atoms with Crippen molar-refractivity contribution in [1.82, 2.24) is 15.2 Å². The largest absolute Gasteiger partial charge is 0.348 e. The van der Waals surface area contributed by atoms with E-state index in [4.69, 9.17) is 0 Å². The lowest BCUT2D eigenvalue weighted by molar-refractivity contribution is 0.0761. The minimum Gasteiger partial charge on any atom is -0.348 e. The molecule has 2 fully saturated rings. The predicted molar refractivity (Wildman–Crippen MR) is 93.1 cm³/mol. The first-order chi connectivity index (χ1) is 11.9. The van der Waals surface area contributed by atoms with Crippen molar-refractivity contribution in [3.63, 3.8) is 0 Å². The third-order valence-electron chi connectivity index (χ3n) is 4.71. The molecular weight excluding hydrogens is 342 g/mol. The number of carbonyl (C=O) groups is 2. The van der Waals surface area contributed by atoms with E-state index in [0.29, 0.717) is 12.0 Å². The van der Waals surface area contributed by atoms with Gasteiger partial charge in [0.1, 0.15) is 0 Å². The molecule has 0 radical (unpaired) electrons. The SMILES string of the molecule is O=C(NC1CCS(=O)(=O)C1)c1cncc(C(=O)N2CCCCCC2)c1. The highest BCUT2D eigenvalue weighted by Gasteiger charge is 2.29. The number of carbonyl (C=O) groups excluding carboxylic acids is 2. The second kappa shape index (κ2) is 7.51. The van der Waals surface area contributed by atoms with Gasteiger partial charge in [0.05, 0.1) is 22.6 Å². The van der Waals surface area contributed by atoms with Crippen molar-refractivity contribution in [2.24, 2.45) is 0 Å². The van der Waals surface area contributed by atoms with Gasteiger partial charge in [-0.05, 0) is 25.3 Å². The first-order valence-corrected chi connectivity index (χ1v) is 10.5. The zero-order valence-corrected chi connectivity index (χ0v) is 14.9. The van der Waals surface area contributed by atoms with Crippen molar-refractivity contribution in [1.29, 1.82) is 0 Å². The third kappa shape index (κ3) is 4.56. The average Bonchev–Trinajstić information content (AvgIpc) is 2.80. The molecule has 1 unspecified atom stereocenters. The average molecular weight is 365 g/mol. The third-order valence-corrected chi connectivity index (χ3v) is 6.48. The van der Waals surface area contributed by atoms with Crippen LogP contribution in [0.5, 0.6) is 0 Å². The smallest absolute Gasteiger partial charge is 0.255 e. The molecule has 1 atom stereocenters. The topological polar surface area (TPSA) is 96.4 Å². The van der Waals surface area contributed by atoms with Gasteiger partial charge in [0.15, 0.2) is 9.84 Å². The molecule has 0 bridgehead atoms. The van der Waals surface area contributed by atoms with E-state index in [9.17, 15) is 18.0 Å². The molecule has 0 spiro atoms. The van der Waals surface area contributed by atoms with E-state index in [2.05, 4.69) is 10.3 Å². The Morgan fingerprint density at radius 3 is 2.40 bits per heavy atom. The number of sulfone groups is 1. The Balaban J connectivity index is 1.68. The number of aromatic nitrogens is 1. The summed E-state index contributed by atoms with van der Waals surface area (Å²) in [7, 11) is -3.05. The Hall–Kier alpha value is -1.96. The summed E-state index contributed by atoms with van der Waals surface area (Å²) >= 11 is 0. The Labute approximate surface area is 147 Å². The van der Waals surface area contributed by atoms with E-state index in [0.717, 1.165) is 38.8 Å². The number of pyridine rings is 1. The first-order valence-electron chi connectivity index (χ1n) is 8.70. The number of hydrogen-bond acceptors (Lipinski definition) is 5. The molecule has 1 N–H and O–H groups in total. The van der Waals surface area contributed by atoms with Gasteiger partial charge in [-0.1, -0.05) is 12.8 Å². The molecule has 1 aromatic rings. The van der Waals surface area contributed by atoms with Crippen LogP contribution in [0, 0.1) is 0 Å². The minimum absolute atomic E-state index is 0.0292. The number of rotatable bonds is 3. The van der Waals surface area contributed by atoms with Gasteiger partial charge < -0.3 is 10.2 Å². The zero-order valence-electron chi connectivity index (χ0n) is 14.1. The van der Waals surface area contributed by atoms with Gasteiger partial charge in [0.25, 0.3) is 11.8 Å². The van der Waals surface area contributed by atoms with Crippen LogP contribution in [-0.2, 0) is 9.84 Å². The van der Waals surface area contributed by atoms with Crippen molar-refractivity contribution in [2.75, 3.05) is 24.6 Å². The van der Waals surface area contributed by atoms with Crippen molar-refractivity contribution in [2.45, 2.75) is 38.1 Å². The normalized spacial score (nSPS) is 23.0. The van der Waals surface area contributed by atoms with Gasteiger partial charge >= 0.3 is 0 Å². The summed E-state index contributed by atoms with van der Waals surface area (Å²) in [6, 6.07) is 1.17. The van der Waals surface area contributed by atoms with Crippen LogP contribution < -0.4 is 5.32 Å². The van der Waals surface area contributed by atoms with E-state index in [-0.39, 0.29) is 34.9 Å². The van der Waals surface area contributed by atoms with Gasteiger partial charge in [-0.2, -0.15) is 0 Å². The van der Waals surface area contributed by atoms with Crippen LogP contribution >= 0.6 is 0 Å². The summed E-state index contributed by atoms with van der Waals surface area (Å²) in [6.45, 7) is 1.46. The fourth-order valence-corrected chi connectivity index (χ4v) is 4.99. The second-order valence-corrected chi connectivity index (χ2v) is 8.97. The Bertz CT molecular complexity index is 755. The maximum atomic E-state index is 12.6. The summed E-state index contributed by atoms with van der Waals surface area (Å²) in [6.07, 6.45) is 7.56. The van der Waals surface area contributed by atoms with Crippen LogP contribution in [0.4, 0.5) is 0 Å². The highest BCUT2D eigenvalue weighted by Crippen LogP contribution is 2.15. The molecule has 2 saturated heterocycles. The number of nitrogens with one attached hydrogen (secondary N) is 1. The maximum absolute atomic E-state index is 12.6. The summed E-state index contributed by atoms with van der Waals surface area (Å²) in [5.41, 5.74) is 0.679. The molecule has 3 rings (SSSR count). The zero-order chi connectivity index (χ0) is 17.9. The highest BCUT2D eigenvalue weighted by atomic mass is 32.2. The highest BCUT2D eigenvalue weighted by molar-refractivity contribution is 7.91. The van der Waals surface area contributed by atoms with Gasteiger partial charge in [0.2, 0.25) is 0 Å². The number of amides is 2. The van der Waals surface area contributed by atoms with Crippen molar-refractivity contribution >= 4 is 21.7 Å². The number of nitrogens with zero attached hydrogens (tertiary/aromatic N) is 2. The van der Waals surface area contributed by atoms with Crippen LogP contribution in [0.25, 0.3) is 0 Å². The summed E-state index contributed by atoms with van der Waals surface area (Å²) in [5, 5.41) is 2.72. The van der Waals surface area contributed by atoms with E-state index < -0.39 is 9.84 Å². The molecule has 0 aromatic carbocycles. The van der Waals surface area contributed by atoms with E-state index >= 15 is 0 Å². The Morgan fingerprint density at radius 1 is 1.08 bits per heavy atom. The quantitative estimate of drug-likeness (QED) is 0.862. The van der Waals surface area contributed by atoms with Crippen molar-refractivity contribution in [3.8, 4) is 0 Å². The molecule has 2 aliphatic rings. The monoisotopic (exact) mass is 365 g/mol. The summed E-state index contributed by atoms with van der Waals surface area (Å²) < 4.78 is 23.0. The molecule has 7 nitrogen and oxygen atoms in total. The van der Waals surface area contributed by atoms with Crippen LogP contribution in [0.3, 0.4) is 0 Å². The summed E-state index contributed by atoms with van der Waals surface area (Å²) in [4.78, 5) is 30.8. The minimum atomic E-state index is -3.05. The van der Waals surface area contributed by atoms with Gasteiger partial charge in [-0.3, -0.25) is 14.6 Å². The fraction of sp³-hybridized carbons (Fsp3) is 0.588. The number of likely N-dealkylation sites (tertiary alicyclic amines) is 1. The Morgan fingerprint density at radius 2 is 1.76 bits per heavy atom. The molecular formula is C17H23N3O4S. The molecule has 2 amide bonds. The van der Waals surface area contributed by atoms with Crippen LogP contribution in [0.2, 0.25) is 0 Å². The predicted octanol–water partition coefficient (Wildman–Crippen LogP) is 1.01. The second-order valence-electron chi connectivity index (χ2n) is 6.74. The van der Waals surface area contributed by atoms with Crippen molar-refractivity contribution in [3.05, 3.63) is 29.6 Å². The standard InChI is InChI=1S/C17H23N3O4S/c21-16(19-15-5-8-25(23,24)12-15)13-9-14(11-18-10-13)17(22)20-6-3-1-2-4-7-20/h9-11,15H,1-8,12H2,(H,19,21). The van der Waals surface area contributed by atoms with E-state index in [1.54, 1.807) is 6.07 Å². The van der Waals surface area contributed by atoms with Crippen molar-refractivity contribution < 1.29 is 18.0 Å². The molecule has 0 saturated carbocycles. The van der Waals surface area contributed by atoms with Crippen LogP contribution in [0.1, 0.15) is 52.8 Å². The van der Waals surface area contributed by atoms with E-state index in [1.807, 2.05) is 4.90 Å². The molecule has 1 aromatic heterocycles. The molecule has 25 heavy (non-hydrogen) atoms. The first kappa shape index (κ1) is 17.8. The summed E-state index contributed by atoms with van der Waals surface area (Å²) in [5.74, 6) is -0.421. The lowest BCUT2D eigenvalue weighted by Gasteiger charge is -2.20. The van der Waals surface area contributed by atoms with Gasteiger partial charge in [-0.15, -0.1) is 0 Å². The Kier molecular flexibility index (Phi) is 5.36. The van der Waals surface area contributed by atoms with Crippen LogP contribution in [0.15, 0.2) is 18.5 Å².